The van der Waals surface area contributed by atoms with Crippen molar-refractivity contribution in [1.82, 2.24) is 4.57 Å². The fourth-order valence-electron chi connectivity index (χ4n) is 2.93. The lowest BCUT2D eigenvalue weighted by Crippen LogP contribution is -2.01. The maximum atomic E-state index is 12.3. The van der Waals surface area contributed by atoms with Crippen molar-refractivity contribution in [2.24, 2.45) is 13.0 Å². The van der Waals surface area contributed by atoms with Crippen LogP contribution in [-0.2, 0) is 11.8 Å². The molecular weight excluding hydrogens is 298 g/mol. The normalized spacial score (nSPS) is 20.5. The molecule has 2 aromatic rings. The zero-order valence-corrected chi connectivity index (χ0v) is 14.1. The number of fused-ring (bicyclic) bond motifs is 1. The molecule has 0 radical (unpaired) electrons. The Bertz CT molecular complexity index is 711. The van der Waals surface area contributed by atoms with E-state index >= 15 is 0 Å². The van der Waals surface area contributed by atoms with Gasteiger partial charge in [-0.05, 0) is 36.5 Å². The Labute approximate surface area is 134 Å². The van der Waals surface area contributed by atoms with Crippen LogP contribution in [0.2, 0.25) is 0 Å². The number of aryl methyl sites for hydroxylation is 1. The van der Waals surface area contributed by atoms with Crippen LogP contribution in [0.1, 0.15) is 18.0 Å². The second-order valence-corrected chi connectivity index (χ2v) is 7.36. The zero-order chi connectivity index (χ0) is 15.0. The first-order chi connectivity index (χ1) is 10.2. The maximum Gasteiger partial charge on any atom is 0.161 e. The van der Waals surface area contributed by atoms with Crippen LogP contribution in [0.3, 0.4) is 0 Å². The van der Waals surface area contributed by atoms with E-state index in [1.807, 2.05) is 18.6 Å². The third-order valence-corrected chi connectivity index (χ3v) is 6.23. The van der Waals surface area contributed by atoms with Gasteiger partial charge in [-0.3, -0.25) is 4.79 Å². The largest absolute Gasteiger partial charge is 0.347 e. The molecule has 1 heterocycles. The lowest BCUT2D eigenvalue weighted by molar-refractivity contribution is -0.115. The molecule has 0 N–H and O–H groups in total. The topological polar surface area (TPSA) is 22.0 Å². The minimum absolute atomic E-state index is 0.169. The molecule has 3 rings (SSSR count). The highest BCUT2D eigenvalue weighted by atomic mass is 32.2. The molecule has 0 aliphatic heterocycles. The second kappa shape index (κ2) is 5.93. The number of hydrogen-bond donors (Lipinski definition) is 0. The van der Waals surface area contributed by atoms with Gasteiger partial charge in [0.1, 0.15) is 0 Å². The number of para-hydroxylation sites is 1. The van der Waals surface area contributed by atoms with E-state index in [9.17, 15) is 4.79 Å². The third-order valence-electron chi connectivity index (χ3n) is 4.19. The molecule has 110 valence electrons. The Kier molecular flexibility index (Phi) is 4.18. The molecule has 0 spiro atoms. The summed E-state index contributed by atoms with van der Waals surface area (Å²) in [6.07, 6.45) is 6.84. The van der Waals surface area contributed by atoms with Gasteiger partial charge in [-0.1, -0.05) is 18.2 Å². The van der Waals surface area contributed by atoms with Crippen molar-refractivity contribution in [3.63, 3.8) is 0 Å². The summed E-state index contributed by atoms with van der Waals surface area (Å²) in [4.78, 5) is 12.3. The number of rotatable bonds is 5. The predicted molar refractivity (Wildman–Crippen MR) is 93.9 cm³/mol. The maximum absolute atomic E-state index is 12.3. The van der Waals surface area contributed by atoms with Gasteiger partial charge in [0.15, 0.2) is 5.78 Å². The quantitative estimate of drug-likeness (QED) is 0.762. The van der Waals surface area contributed by atoms with Crippen LogP contribution in [0.15, 0.2) is 40.6 Å². The van der Waals surface area contributed by atoms with Gasteiger partial charge >= 0.3 is 0 Å². The predicted octanol–water partition coefficient (Wildman–Crippen LogP) is 4.42. The molecular formula is C17H19NOS2. The van der Waals surface area contributed by atoms with E-state index in [4.69, 9.17) is 0 Å². The lowest BCUT2D eigenvalue weighted by Gasteiger charge is -2.03. The monoisotopic (exact) mass is 317 g/mol. The summed E-state index contributed by atoms with van der Waals surface area (Å²) in [5, 5.41) is 1.26. The Balaban J connectivity index is 1.82. The lowest BCUT2D eigenvalue weighted by atomic mass is 10.1. The molecule has 1 saturated carbocycles. The Morgan fingerprint density at radius 3 is 2.67 bits per heavy atom. The van der Waals surface area contributed by atoms with E-state index in [2.05, 4.69) is 41.9 Å². The van der Waals surface area contributed by atoms with E-state index < -0.39 is 0 Å². The zero-order valence-electron chi connectivity index (χ0n) is 12.5. The van der Waals surface area contributed by atoms with Gasteiger partial charge in [0.2, 0.25) is 0 Å². The number of allylic oxidation sites excluding steroid dienone is 1. The fraction of sp³-hybridized carbons (Fsp3) is 0.353. The smallest absolute Gasteiger partial charge is 0.161 e. The van der Waals surface area contributed by atoms with Gasteiger partial charge in [-0.15, -0.1) is 23.5 Å². The number of carbonyl (C=O) groups is 1. The van der Waals surface area contributed by atoms with Gasteiger partial charge < -0.3 is 4.57 Å². The Morgan fingerprint density at radius 1 is 1.29 bits per heavy atom. The molecule has 1 aliphatic carbocycles. The van der Waals surface area contributed by atoms with Gasteiger partial charge in [0.05, 0.1) is 0 Å². The number of nitrogens with zero attached hydrogens (tertiary/aromatic N) is 1. The molecule has 2 nitrogen and oxygen atoms in total. The minimum Gasteiger partial charge on any atom is -0.347 e. The van der Waals surface area contributed by atoms with Crippen LogP contribution in [0.5, 0.6) is 0 Å². The van der Waals surface area contributed by atoms with Gasteiger partial charge in [0, 0.05) is 40.4 Å². The summed E-state index contributed by atoms with van der Waals surface area (Å²) in [5.74, 6) is 0.836. The van der Waals surface area contributed by atoms with Gasteiger partial charge in [-0.2, -0.15) is 0 Å². The van der Waals surface area contributed by atoms with Crippen LogP contribution in [0.4, 0.5) is 0 Å². The summed E-state index contributed by atoms with van der Waals surface area (Å²) in [6, 6.07) is 10.6. The van der Waals surface area contributed by atoms with Crippen molar-refractivity contribution >= 4 is 40.2 Å². The van der Waals surface area contributed by atoms with Crippen LogP contribution >= 0.6 is 23.5 Å². The van der Waals surface area contributed by atoms with Gasteiger partial charge in [0.25, 0.3) is 0 Å². The first kappa shape index (κ1) is 14.8. The third kappa shape index (κ3) is 2.79. The van der Waals surface area contributed by atoms with Crippen LogP contribution < -0.4 is 0 Å². The average molecular weight is 317 g/mol. The first-order valence-corrected chi connectivity index (χ1v) is 9.48. The summed E-state index contributed by atoms with van der Waals surface area (Å²) in [6.45, 7) is 0. The average Bonchev–Trinajstić information content (AvgIpc) is 3.24. The number of hydrogen-bond acceptors (Lipinski definition) is 3. The number of benzene rings is 1. The van der Waals surface area contributed by atoms with Crippen LogP contribution in [0, 0.1) is 5.92 Å². The fourth-order valence-corrected chi connectivity index (χ4v) is 4.06. The van der Waals surface area contributed by atoms with E-state index in [0.717, 1.165) is 10.7 Å². The van der Waals surface area contributed by atoms with Crippen molar-refractivity contribution in [2.75, 3.05) is 12.5 Å². The highest BCUT2D eigenvalue weighted by Crippen LogP contribution is 2.49. The minimum atomic E-state index is 0.169. The summed E-state index contributed by atoms with van der Waals surface area (Å²) < 4.78 is 3.34. The highest BCUT2D eigenvalue weighted by Gasteiger charge is 2.44. The molecule has 4 heteroatoms. The number of aromatic nitrogens is 1. The Morgan fingerprint density at radius 2 is 2.00 bits per heavy atom. The van der Waals surface area contributed by atoms with E-state index in [0.29, 0.717) is 5.92 Å². The van der Waals surface area contributed by atoms with Crippen LogP contribution in [-0.4, -0.2) is 22.9 Å². The number of ketones is 1. The van der Waals surface area contributed by atoms with E-state index in [-0.39, 0.29) is 11.7 Å². The molecule has 2 atom stereocenters. The van der Waals surface area contributed by atoms with Crippen LogP contribution in [0.25, 0.3) is 10.9 Å². The Hall–Kier alpha value is -1.13. The molecule has 1 aromatic carbocycles. The molecule has 0 bridgehead atoms. The number of thioether (sulfide) groups is 2. The van der Waals surface area contributed by atoms with Crippen molar-refractivity contribution in [3.05, 3.63) is 46.3 Å². The summed E-state index contributed by atoms with van der Waals surface area (Å²) in [7, 11) is 2.10. The molecule has 2 unspecified atom stereocenters. The molecule has 0 saturated heterocycles. The van der Waals surface area contributed by atoms with Crippen molar-refractivity contribution < 1.29 is 4.79 Å². The van der Waals surface area contributed by atoms with Crippen molar-refractivity contribution in [2.45, 2.75) is 12.3 Å². The standard InChI is InChI=1S/C17H19NOS2/c1-18-14-7-5-4-6-11(14)8-15(18)12-9-13(12)16(19)10-17(20-2)21-3/h4-8,10,12-13H,9H2,1-3H3. The number of carbonyl (C=O) groups excluding carboxylic acids is 1. The molecule has 1 fully saturated rings. The van der Waals surface area contributed by atoms with Gasteiger partial charge in [-0.25, -0.2) is 0 Å². The second-order valence-electron chi connectivity index (χ2n) is 5.41. The molecule has 1 aromatic heterocycles. The van der Waals surface area contributed by atoms with E-state index in [1.165, 1.54) is 16.6 Å². The summed E-state index contributed by atoms with van der Waals surface area (Å²) >= 11 is 3.29. The molecule has 0 amide bonds. The van der Waals surface area contributed by atoms with E-state index in [1.54, 1.807) is 23.5 Å². The highest BCUT2D eigenvalue weighted by molar-refractivity contribution is 8.21. The van der Waals surface area contributed by atoms with Crippen molar-refractivity contribution in [1.29, 1.82) is 0 Å². The first-order valence-electron chi connectivity index (χ1n) is 7.03. The van der Waals surface area contributed by atoms with Crippen molar-refractivity contribution in [3.8, 4) is 0 Å². The summed E-state index contributed by atoms with van der Waals surface area (Å²) in [5.41, 5.74) is 2.54. The molecule has 21 heavy (non-hydrogen) atoms. The SMILES string of the molecule is CSC(=CC(=O)C1CC1c1cc2ccccc2n1C)SC. The molecule has 1 aliphatic rings.